The normalized spacial score (nSPS) is 15.4. The van der Waals surface area contributed by atoms with Crippen molar-refractivity contribution in [1.29, 1.82) is 0 Å². The van der Waals surface area contributed by atoms with Gasteiger partial charge in [0.2, 0.25) is 5.78 Å². The van der Waals surface area contributed by atoms with E-state index in [2.05, 4.69) is 6.58 Å². The highest BCUT2D eigenvalue weighted by Crippen LogP contribution is 2.36. The number of carbonyl (C=O) groups is 2. The number of aliphatic carboxylic acids is 1. The number of nitrogens with zero attached hydrogens (tertiary/aromatic N) is 1. The van der Waals surface area contributed by atoms with E-state index in [1.807, 2.05) is 38.9 Å². The first-order valence-corrected chi connectivity index (χ1v) is 11.0. The molecule has 1 aliphatic rings. The van der Waals surface area contributed by atoms with Crippen LogP contribution in [0.15, 0.2) is 47.0 Å². The standard InChI is InChI=1S/C21H17NO3S3/c1-2-3-17-14(6-9-28-17)20(26)15-10-16-13(21(24)25)4-7-22(16)18(15)19(23)12-5-8-27-11-12/h2,5-6,8-11,13H,1,3-4,7H2,(H,24,25). The molecular formula is C21H17NO3S3. The lowest BCUT2D eigenvalue weighted by Gasteiger charge is -2.09. The molecule has 142 valence electrons. The van der Waals surface area contributed by atoms with E-state index in [-0.39, 0.29) is 5.78 Å². The second kappa shape index (κ2) is 7.58. The van der Waals surface area contributed by atoms with Crippen LogP contribution in [0, 0.1) is 0 Å². The van der Waals surface area contributed by atoms with Gasteiger partial charge in [-0.25, -0.2) is 0 Å². The van der Waals surface area contributed by atoms with E-state index >= 15 is 0 Å². The van der Waals surface area contributed by atoms with Crippen molar-refractivity contribution in [3.8, 4) is 0 Å². The second-order valence-corrected chi connectivity index (χ2v) is 8.77. The molecule has 0 spiro atoms. The SMILES string of the molecule is C=CCc1sccc1C(=S)c1cc2n(c1C(=O)c1ccsc1)CCC2C(=O)O. The molecule has 7 heteroatoms. The molecule has 4 rings (SSSR count). The summed E-state index contributed by atoms with van der Waals surface area (Å²) in [5.74, 6) is -1.59. The first kappa shape index (κ1) is 19.0. The van der Waals surface area contributed by atoms with Gasteiger partial charge in [0, 0.05) is 45.6 Å². The number of thiocarbonyl (C=S) groups is 1. The molecule has 0 saturated carbocycles. The van der Waals surface area contributed by atoms with Crippen molar-refractivity contribution in [2.45, 2.75) is 25.3 Å². The molecule has 0 radical (unpaired) electrons. The van der Waals surface area contributed by atoms with E-state index in [0.29, 0.717) is 46.8 Å². The largest absolute Gasteiger partial charge is 0.481 e. The van der Waals surface area contributed by atoms with Crippen LogP contribution in [-0.4, -0.2) is 26.3 Å². The zero-order valence-corrected chi connectivity index (χ0v) is 17.3. The van der Waals surface area contributed by atoms with Crippen molar-refractivity contribution < 1.29 is 14.7 Å². The predicted octanol–water partition coefficient (Wildman–Crippen LogP) is 4.91. The highest BCUT2D eigenvalue weighted by molar-refractivity contribution is 7.81. The molecule has 28 heavy (non-hydrogen) atoms. The summed E-state index contributed by atoms with van der Waals surface area (Å²) in [5.41, 5.74) is 3.32. The number of aromatic nitrogens is 1. The first-order valence-electron chi connectivity index (χ1n) is 8.78. The summed E-state index contributed by atoms with van der Waals surface area (Å²) >= 11 is 8.85. The summed E-state index contributed by atoms with van der Waals surface area (Å²) in [6.45, 7) is 4.30. The molecule has 4 heterocycles. The maximum atomic E-state index is 13.3. The van der Waals surface area contributed by atoms with Gasteiger partial charge in [0.05, 0.1) is 16.5 Å². The van der Waals surface area contributed by atoms with Gasteiger partial charge in [-0.3, -0.25) is 9.59 Å². The van der Waals surface area contributed by atoms with Crippen LogP contribution in [0.2, 0.25) is 0 Å². The van der Waals surface area contributed by atoms with Gasteiger partial charge < -0.3 is 9.67 Å². The molecule has 1 unspecified atom stereocenters. The minimum absolute atomic E-state index is 0.114. The summed E-state index contributed by atoms with van der Waals surface area (Å²) in [5, 5.41) is 15.2. The van der Waals surface area contributed by atoms with E-state index < -0.39 is 11.9 Å². The van der Waals surface area contributed by atoms with Gasteiger partial charge in [-0.2, -0.15) is 11.3 Å². The van der Waals surface area contributed by atoms with Crippen molar-refractivity contribution in [3.05, 3.63) is 79.9 Å². The van der Waals surface area contributed by atoms with Gasteiger partial charge in [0.15, 0.2) is 0 Å². The van der Waals surface area contributed by atoms with E-state index in [9.17, 15) is 14.7 Å². The Hall–Kier alpha value is -2.35. The Kier molecular flexibility index (Phi) is 5.14. The molecule has 0 amide bonds. The molecule has 0 aromatic carbocycles. The van der Waals surface area contributed by atoms with Crippen LogP contribution < -0.4 is 0 Å². The summed E-state index contributed by atoms with van der Waals surface area (Å²) in [7, 11) is 0. The number of ketones is 1. The third kappa shape index (κ3) is 3.09. The average Bonchev–Trinajstić information content (AvgIpc) is 3.43. The molecule has 0 bridgehead atoms. The maximum Gasteiger partial charge on any atom is 0.312 e. The Labute approximate surface area is 175 Å². The van der Waals surface area contributed by atoms with E-state index in [0.717, 1.165) is 10.4 Å². The van der Waals surface area contributed by atoms with Crippen LogP contribution >= 0.6 is 34.9 Å². The molecule has 0 fully saturated rings. The third-order valence-corrected chi connectivity index (χ3v) is 7.05. The lowest BCUT2D eigenvalue weighted by molar-refractivity contribution is -0.138. The number of thiophene rings is 2. The molecule has 0 aliphatic carbocycles. The molecule has 0 saturated heterocycles. The average molecular weight is 428 g/mol. The number of hydrogen-bond acceptors (Lipinski definition) is 5. The number of hydrogen-bond donors (Lipinski definition) is 1. The van der Waals surface area contributed by atoms with Crippen molar-refractivity contribution in [2.24, 2.45) is 0 Å². The number of allylic oxidation sites excluding steroid dienone is 1. The van der Waals surface area contributed by atoms with Crippen molar-refractivity contribution in [2.75, 3.05) is 0 Å². The minimum Gasteiger partial charge on any atom is -0.481 e. The molecule has 1 N–H and O–H groups in total. The summed E-state index contributed by atoms with van der Waals surface area (Å²) in [6, 6.07) is 5.56. The second-order valence-electron chi connectivity index (χ2n) is 6.58. The number of carboxylic acids is 1. The Morgan fingerprint density at radius 1 is 1.32 bits per heavy atom. The fourth-order valence-corrected chi connectivity index (χ4v) is 5.61. The molecule has 1 aliphatic heterocycles. The number of rotatable bonds is 7. The number of fused-ring (bicyclic) bond motifs is 1. The Morgan fingerprint density at radius 2 is 2.14 bits per heavy atom. The monoisotopic (exact) mass is 427 g/mol. The molecule has 3 aromatic heterocycles. The fraction of sp³-hybridized carbons (Fsp3) is 0.190. The Balaban J connectivity index is 1.87. The lowest BCUT2D eigenvalue weighted by atomic mass is 9.98. The van der Waals surface area contributed by atoms with Crippen LogP contribution in [0.1, 0.15) is 50.1 Å². The fourth-order valence-electron chi connectivity index (χ4n) is 3.68. The highest BCUT2D eigenvalue weighted by Gasteiger charge is 2.35. The first-order chi connectivity index (χ1) is 13.5. The maximum absolute atomic E-state index is 13.3. The Morgan fingerprint density at radius 3 is 2.82 bits per heavy atom. The van der Waals surface area contributed by atoms with Gasteiger partial charge in [-0.05, 0) is 35.4 Å². The predicted molar refractivity (Wildman–Crippen MR) is 116 cm³/mol. The van der Waals surface area contributed by atoms with Crippen LogP contribution in [0.5, 0.6) is 0 Å². The summed E-state index contributed by atoms with van der Waals surface area (Å²) in [4.78, 5) is 26.6. The van der Waals surface area contributed by atoms with Gasteiger partial charge in [-0.1, -0.05) is 18.3 Å². The van der Waals surface area contributed by atoms with Crippen molar-refractivity contribution in [3.63, 3.8) is 0 Å². The Bertz CT molecular complexity index is 1090. The zero-order valence-electron chi connectivity index (χ0n) is 14.9. The topological polar surface area (TPSA) is 59.3 Å². The molecular weight excluding hydrogens is 410 g/mol. The van der Waals surface area contributed by atoms with E-state index in [4.69, 9.17) is 12.2 Å². The molecule has 1 atom stereocenters. The summed E-state index contributed by atoms with van der Waals surface area (Å²) in [6.07, 6.45) is 3.02. The summed E-state index contributed by atoms with van der Waals surface area (Å²) < 4.78 is 1.85. The number of carboxylic acid groups (broad SMARTS) is 1. The van der Waals surface area contributed by atoms with Crippen LogP contribution in [0.25, 0.3) is 0 Å². The molecule has 4 nitrogen and oxygen atoms in total. The van der Waals surface area contributed by atoms with Crippen LogP contribution in [0.4, 0.5) is 0 Å². The van der Waals surface area contributed by atoms with Gasteiger partial charge in [-0.15, -0.1) is 17.9 Å². The van der Waals surface area contributed by atoms with Gasteiger partial charge in [0.1, 0.15) is 0 Å². The lowest BCUT2D eigenvalue weighted by Crippen LogP contribution is -2.14. The van der Waals surface area contributed by atoms with Crippen LogP contribution in [0.3, 0.4) is 0 Å². The highest BCUT2D eigenvalue weighted by atomic mass is 32.1. The van der Waals surface area contributed by atoms with Gasteiger partial charge >= 0.3 is 5.97 Å². The van der Waals surface area contributed by atoms with Crippen molar-refractivity contribution in [1.82, 2.24) is 4.57 Å². The van der Waals surface area contributed by atoms with Crippen LogP contribution in [-0.2, 0) is 17.8 Å². The van der Waals surface area contributed by atoms with E-state index in [1.54, 1.807) is 17.4 Å². The molecule has 3 aromatic rings. The quantitative estimate of drug-likeness (QED) is 0.331. The smallest absolute Gasteiger partial charge is 0.312 e. The van der Waals surface area contributed by atoms with Crippen molar-refractivity contribution >= 4 is 51.5 Å². The number of carbonyl (C=O) groups excluding carboxylic acids is 1. The van der Waals surface area contributed by atoms with E-state index in [1.165, 1.54) is 11.3 Å². The third-order valence-electron chi connectivity index (χ3n) is 4.99. The minimum atomic E-state index is -0.869. The van der Waals surface area contributed by atoms with Gasteiger partial charge in [0.25, 0.3) is 0 Å². The zero-order chi connectivity index (χ0) is 19.8.